The molecule has 0 aliphatic heterocycles. The van der Waals surface area contributed by atoms with Crippen LogP contribution < -0.4 is 10.5 Å². The highest BCUT2D eigenvalue weighted by Gasteiger charge is 2.35. The first kappa shape index (κ1) is 23.2. The number of aliphatic hydroxyl groups excluding tert-OH is 1. The standard InChI is InChI=1S/C23H30F3NO2/c1-3-22(27,16-28)12-11-19-9-10-21(20(15-19)23(24,25)26)29-13-5-8-18-7-4-6-17(2)14-18/h4,6-7,9-10,14-15,28H,3,5,8,11-13,16,27H2,1-2H3. The van der Waals surface area contributed by atoms with Crippen molar-refractivity contribution in [1.29, 1.82) is 0 Å². The lowest BCUT2D eigenvalue weighted by Crippen LogP contribution is -2.43. The lowest BCUT2D eigenvalue weighted by atomic mass is 9.90. The largest absolute Gasteiger partial charge is 0.493 e. The van der Waals surface area contributed by atoms with E-state index in [0.29, 0.717) is 31.2 Å². The zero-order valence-electron chi connectivity index (χ0n) is 17.1. The first-order valence-electron chi connectivity index (χ1n) is 9.95. The van der Waals surface area contributed by atoms with Gasteiger partial charge in [0.05, 0.1) is 18.8 Å². The maximum Gasteiger partial charge on any atom is 0.419 e. The lowest BCUT2D eigenvalue weighted by molar-refractivity contribution is -0.139. The van der Waals surface area contributed by atoms with Crippen molar-refractivity contribution in [2.45, 2.75) is 57.7 Å². The summed E-state index contributed by atoms with van der Waals surface area (Å²) in [6.45, 7) is 3.87. The fourth-order valence-corrected chi connectivity index (χ4v) is 3.17. The van der Waals surface area contributed by atoms with E-state index in [4.69, 9.17) is 10.5 Å². The van der Waals surface area contributed by atoms with E-state index in [-0.39, 0.29) is 19.0 Å². The molecule has 3 N–H and O–H groups in total. The Hall–Kier alpha value is -2.05. The molecule has 1 atom stereocenters. The highest BCUT2D eigenvalue weighted by molar-refractivity contribution is 5.39. The van der Waals surface area contributed by atoms with E-state index in [1.54, 1.807) is 6.07 Å². The van der Waals surface area contributed by atoms with Crippen molar-refractivity contribution in [3.05, 3.63) is 64.7 Å². The van der Waals surface area contributed by atoms with E-state index in [2.05, 4.69) is 6.07 Å². The molecule has 0 aromatic heterocycles. The molecule has 29 heavy (non-hydrogen) atoms. The molecule has 0 radical (unpaired) electrons. The van der Waals surface area contributed by atoms with Gasteiger partial charge >= 0.3 is 6.18 Å². The van der Waals surface area contributed by atoms with Crippen LogP contribution in [0.5, 0.6) is 5.75 Å². The Kier molecular flexibility index (Phi) is 8.11. The van der Waals surface area contributed by atoms with Gasteiger partial charge in [-0.05, 0) is 62.3 Å². The van der Waals surface area contributed by atoms with Gasteiger partial charge in [-0.3, -0.25) is 0 Å². The summed E-state index contributed by atoms with van der Waals surface area (Å²) in [5.41, 5.74) is 7.32. The minimum absolute atomic E-state index is 0.151. The topological polar surface area (TPSA) is 55.5 Å². The Morgan fingerprint density at radius 2 is 1.76 bits per heavy atom. The minimum Gasteiger partial charge on any atom is -0.493 e. The third-order valence-corrected chi connectivity index (χ3v) is 5.23. The Morgan fingerprint density at radius 3 is 2.38 bits per heavy atom. The monoisotopic (exact) mass is 409 g/mol. The maximum atomic E-state index is 13.5. The second kappa shape index (κ2) is 10.1. The van der Waals surface area contributed by atoms with Gasteiger partial charge in [-0.1, -0.05) is 42.8 Å². The van der Waals surface area contributed by atoms with Gasteiger partial charge in [-0.15, -0.1) is 0 Å². The molecule has 0 saturated carbocycles. The van der Waals surface area contributed by atoms with Gasteiger partial charge < -0.3 is 15.6 Å². The van der Waals surface area contributed by atoms with Crippen LogP contribution in [-0.2, 0) is 19.0 Å². The number of nitrogens with two attached hydrogens (primary N) is 1. The fraction of sp³-hybridized carbons (Fsp3) is 0.478. The van der Waals surface area contributed by atoms with Crippen molar-refractivity contribution in [3.8, 4) is 5.75 Å². The summed E-state index contributed by atoms with van der Waals surface area (Å²) < 4.78 is 46.0. The zero-order valence-corrected chi connectivity index (χ0v) is 17.1. The summed E-state index contributed by atoms with van der Waals surface area (Å²) in [5.74, 6) is -0.151. The number of rotatable bonds is 10. The molecule has 0 fully saturated rings. The second-order valence-electron chi connectivity index (χ2n) is 7.64. The molecule has 3 nitrogen and oxygen atoms in total. The van der Waals surface area contributed by atoms with Crippen molar-refractivity contribution in [2.75, 3.05) is 13.2 Å². The first-order chi connectivity index (χ1) is 13.7. The average Bonchev–Trinajstić information content (AvgIpc) is 2.69. The SMILES string of the molecule is CCC(N)(CO)CCc1ccc(OCCCc2cccc(C)c2)c(C(F)(F)F)c1. The molecule has 0 aliphatic rings. The number of aliphatic hydroxyl groups is 1. The van der Waals surface area contributed by atoms with Crippen molar-refractivity contribution in [1.82, 2.24) is 0 Å². The van der Waals surface area contributed by atoms with Crippen molar-refractivity contribution >= 4 is 0 Å². The smallest absolute Gasteiger partial charge is 0.419 e. The van der Waals surface area contributed by atoms with Crippen molar-refractivity contribution in [2.24, 2.45) is 5.73 Å². The van der Waals surface area contributed by atoms with Crippen LogP contribution >= 0.6 is 0 Å². The van der Waals surface area contributed by atoms with Gasteiger partial charge in [0.1, 0.15) is 5.75 Å². The zero-order chi connectivity index (χ0) is 21.5. The summed E-state index contributed by atoms with van der Waals surface area (Å²) in [5, 5.41) is 9.38. The van der Waals surface area contributed by atoms with Gasteiger partial charge in [0.25, 0.3) is 0 Å². The van der Waals surface area contributed by atoms with E-state index < -0.39 is 17.3 Å². The predicted octanol–water partition coefficient (Wildman–Crippen LogP) is 5.06. The van der Waals surface area contributed by atoms with Crippen LogP contribution in [0, 0.1) is 6.92 Å². The van der Waals surface area contributed by atoms with Crippen LogP contribution in [0.1, 0.15) is 48.4 Å². The summed E-state index contributed by atoms with van der Waals surface area (Å²) in [7, 11) is 0. The third-order valence-electron chi connectivity index (χ3n) is 5.23. The molecule has 160 valence electrons. The highest BCUT2D eigenvalue weighted by atomic mass is 19.4. The molecule has 1 unspecified atom stereocenters. The number of halogens is 3. The van der Waals surface area contributed by atoms with E-state index in [9.17, 15) is 18.3 Å². The highest BCUT2D eigenvalue weighted by Crippen LogP contribution is 2.37. The minimum atomic E-state index is -4.50. The molecule has 0 amide bonds. The third kappa shape index (κ3) is 7.05. The number of hydrogen-bond donors (Lipinski definition) is 2. The molecule has 6 heteroatoms. The summed E-state index contributed by atoms with van der Waals surface area (Å²) in [6, 6.07) is 12.2. The van der Waals surface area contributed by atoms with Gasteiger partial charge in [-0.2, -0.15) is 13.2 Å². The Labute approximate surface area is 170 Å². The van der Waals surface area contributed by atoms with Crippen LogP contribution in [0.25, 0.3) is 0 Å². The Morgan fingerprint density at radius 1 is 1.03 bits per heavy atom. The molecule has 0 saturated heterocycles. The van der Waals surface area contributed by atoms with Gasteiger partial charge in [0.2, 0.25) is 0 Å². The number of alkyl halides is 3. The molecule has 0 aliphatic carbocycles. The van der Waals surface area contributed by atoms with E-state index in [0.717, 1.165) is 23.6 Å². The Bertz CT molecular complexity index is 786. The van der Waals surface area contributed by atoms with E-state index in [1.165, 1.54) is 6.07 Å². The molecule has 0 heterocycles. The molecule has 2 rings (SSSR count). The molecular weight excluding hydrogens is 379 g/mol. The fourth-order valence-electron chi connectivity index (χ4n) is 3.17. The van der Waals surface area contributed by atoms with Crippen LogP contribution in [-0.4, -0.2) is 23.9 Å². The normalized spacial score (nSPS) is 13.9. The Balaban J connectivity index is 2.01. The summed E-state index contributed by atoms with van der Waals surface area (Å²) >= 11 is 0. The van der Waals surface area contributed by atoms with E-state index >= 15 is 0 Å². The van der Waals surface area contributed by atoms with Crippen LogP contribution in [0.3, 0.4) is 0 Å². The molecule has 0 spiro atoms. The number of aryl methyl sites for hydroxylation is 3. The van der Waals surface area contributed by atoms with Gasteiger partial charge in [-0.25, -0.2) is 0 Å². The lowest BCUT2D eigenvalue weighted by Gasteiger charge is -2.25. The number of ether oxygens (including phenoxy) is 1. The maximum absolute atomic E-state index is 13.5. The van der Waals surface area contributed by atoms with Crippen LogP contribution in [0.4, 0.5) is 13.2 Å². The van der Waals surface area contributed by atoms with Crippen LogP contribution in [0.2, 0.25) is 0 Å². The van der Waals surface area contributed by atoms with Crippen molar-refractivity contribution in [3.63, 3.8) is 0 Å². The number of benzene rings is 2. The van der Waals surface area contributed by atoms with Crippen LogP contribution in [0.15, 0.2) is 42.5 Å². The van der Waals surface area contributed by atoms with Gasteiger partial charge in [0, 0.05) is 5.54 Å². The predicted molar refractivity (Wildman–Crippen MR) is 109 cm³/mol. The van der Waals surface area contributed by atoms with E-state index in [1.807, 2.05) is 32.0 Å². The molecule has 0 bridgehead atoms. The number of hydrogen-bond acceptors (Lipinski definition) is 3. The first-order valence-corrected chi connectivity index (χ1v) is 9.95. The quantitative estimate of drug-likeness (QED) is 0.540. The molecule has 2 aromatic carbocycles. The van der Waals surface area contributed by atoms with Gasteiger partial charge in [0.15, 0.2) is 0 Å². The van der Waals surface area contributed by atoms with Crippen molar-refractivity contribution < 1.29 is 23.0 Å². The summed E-state index contributed by atoms with van der Waals surface area (Å²) in [4.78, 5) is 0. The molecular formula is C23H30F3NO2. The average molecular weight is 409 g/mol. The molecule has 2 aromatic rings. The second-order valence-corrected chi connectivity index (χ2v) is 7.64. The summed E-state index contributed by atoms with van der Waals surface area (Å²) in [6.07, 6.45) is -1.79.